The minimum Gasteiger partial charge on any atom is -0.349 e. The van der Waals surface area contributed by atoms with Crippen molar-refractivity contribution in [1.29, 1.82) is 0 Å². The highest BCUT2D eigenvalue weighted by atomic mass is 32.1. The van der Waals surface area contributed by atoms with Gasteiger partial charge in [0.25, 0.3) is 5.91 Å². The molecule has 1 amide bonds. The van der Waals surface area contributed by atoms with Crippen molar-refractivity contribution >= 4 is 27.5 Å². The third-order valence-electron chi connectivity index (χ3n) is 4.21. The zero-order valence-electron chi connectivity index (χ0n) is 15.3. The molecule has 0 unspecified atom stereocenters. The lowest BCUT2D eigenvalue weighted by atomic mass is 10.1. The van der Waals surface area contributed by atoms with Gasteiger partial charge in [-0.1, -0.05) is 29.8 Å². The number of rotatable bonds is 6. The molecule has 1 aromatic carbocycles. The molecule has 0 aliphatic carbocycles. The molecule has 4 nitrogen and oxygen atoms in total. The molecule has 0 saturated heterocycles. The number of thiophene rings is 1. The number of carbonyl (C=O) groups is 1. The molecule has 0 aliphatic heterocycles. The summed E-state index contributed by atoms with van der Waals surface area (Å²) in [6, 6.07) is 12.7. The molecule has 0 saturated carbocycles. The van der Waals surface area contributed by atoms with E-state index < -0.39 is 0 Å². The first-order valence-electron chi connectivity index (χ1n) is 8.52. The lowest BCUT2D eigenvalue weighted by Crippen LogP contribution is -2.32. The van der Waals surface area contributed by atoms with Crippen LogP contribution in [0.5, 0.6) is 0 Å². The van der Waals surface area contributed by atoms with E-state index in [1.54, 1.807) is 11.3 Å². The van der Waals surface area contributed by atoms with Crippen LogP contribution in [-0.2, 0) is 6.54 Å². The van der Waals surface area contributed by atoms with Gasteiger partial charge in [0.05, 0.1) is 10.2 Å². The van der Waals surface area contributed by atoms with Crippen LogP contribution in [-0.4, -0.2) is 42.6 Å². The third kappa shape index (κ3) is 4.11. The summed E-state index contributed by atoms with van der Waals surface area (Å²) in [5, 5.41) is 3.04. The number of hydrogen-bond acceptors (Lipinski definition) is 3. The van der Waals surface area contributed by atoms with Gasteiger partial charge < -0.3 is 14.8 Å². The molecule has 0 aliphatic rings. The zero-order chi connectivity index (χ0) is 18.0. The summed E-state index contributed by atoms with van der Waals surface area (Å²) in [4.78, 5) is 16.0. The van der Waals surface area contributed by atoms with E-state index in [2.05, 4.69) is 59.0 Å². The minimum atomic E-state index is -0.00411. The van der Waals surface area contributed by atoms with E-state index in [4.69, 9.17) is 0 Å². The molecular formula is C20H25N3OS. The van der Waals surface area contributed by atoms with Gasteiger partial charge in [0.15, 0.2) is 0 Å². The van der Waals surface area contributed by atoms with Crippen molar-refractivity contribution in [1.82, 2.24) is 14.8 Å². The molecule has 0 spiro atoms. The Bertz CT molecular complexity index is 892. The van der Waals surface area contributed by atoms with E-state index in [1.165, 1.54) is 20.7 Å². The fraction of sp³-hybridized carbons (Fsp3) is 0.350. The molecule has 3 aromatic rings. The first kappa shape index (κ1) is 17.7. The number of carbonyl (C=O) groups excluding carboxylic acids is 1. The lowest BCUT2D eigenvalue weighted by Gasteiger charge is -2.13. The van der Waals surface area contributed by atoms with Crippen LogP contribution < -0.4 is 5.32 Å². The molecule has 0 fully saturated rings. The first-order chi connectivity index (χ1) is 11.9. The molecule has 132 valence electrons. The largest absolute Gasteiger partial charge is 0.349 e. The second-order valence-electron chi connectivity index (χ2n) is 6.77. The van der Waals surface area contributed by atoms with Crippen molar-refractivity contribution in [2.45, 2.75) is 20.4 Å². The van der Waals surface area contributed by atoms with Gasteiger partial charge >= 0.3 is 0 Å². The van der Waals surface area contributed by atoms with Gasteiger partial charge in [0.1, 0.15) is 5.69 Å². The molecule has 2 aromatic heterocycles. The SMILES string of the molecule is Cc1cccc(Cn2c(C(=O)NCCN(C)C)cc3sc(C)cc32)c1. The molecule has 25 heavy (non-hydrogen) atoms. The average Bonchev–Trinajstić information content (AvgIpc) is 3.04. The molecule has 2 heterocycles. The minimum absolute atomic E-state index is 0.00411. The van der Waals surface area contributed by atoms with Crippen LogP contribution in [0.2, 0.25) is 0 Å². The maximum absolute atomic E-state index is 12.7. The predicted octanol–water partition coefficient (Wildman–Crippen LogP) is 3.66. The Kier molecular flexibility index (Phi) is 5.25. The number of fused-ring (bicyclic) bond motifs is 1. The van der Waals surface area contributed by atoms with Gasteiger partial charge in [-0.2, -0.15) is 0 Å². The molecule has 0 radical (unpaired) electrons. The normalized spacial score (nSPS) is 11.4. The number of hydrogen-bond donors (Lipinski definition) is 1. The second kappa shape index (κ2) is 7.42. The fourth-order valence-corrected chi connectivity index (χ4v) is 3.96. The van der Waals surface area contributed by atoms with Crippen molar-refractivity contribution in [3.63, 3.8) is 0 Å². The van der Waals surface area contributed by atoms with E-state index in [0.29, 0.717) is 13.1 Å². The topological polar surface area (TPSA) is 37.3 Å². The quantitative estimate of drug-likeness (QED) is 0.733. The van der Waals surface area contributed by atoms with E-state index >= 15 is 0 Å². The summed E-state index contributed by atoms with van der Waals surface area (Å²) in [5.41, 5.74) is 4.33. The van der Waals surface area contributed by atoms with E-state index in [9.17, 15) is 4.79 Å². The maximum atomic E-state index is 12.7. The second-order valence-corrected chi connectivity index (χ2v) is 8.06. The van der Waals surface area contributed by atoms with Gasteiger partial charge in [-0.15, -0.1) is 11.3 Å². The molecule has 0 bridgehead atoms. The number of likely N-dealkylation sites (N-methyl/N-ethyl adjacent to an activating group) is 1. The highest BCUT2D eigenvalue weighted by Crippen LogP contribution is 2.29. The van der Waals surface area contributed by atoms with Crippen LogP contribution in [0, 0.1) is 13.8 Å². The van der Waals surface area contributed by atoms with Crippen molar-refractivity contribution in [3.8, 4) is 0 Å². The number of aromatic nitrogens is 1. The standard InChI is InChI=1S/C20H25N3OS/c1-14-6-5-7-16(10-14)13-23-17-11-15(2)25-19(17)12-18(23)20(24)21-8-9-22(3)4/h5-7,10-12H,8-9,13H2,1-4H3,(H,21,24). The van der Waals surface area contributed by atoms with E-state index in [1.807, 2.05) is 20.2 Å². The number of amides is 1. The monoisotopic (exact) mass is 355 g/mol. The van der Waals surface area contributed by atoms with Crippen LogP contribution in [0.4, 0.5) is 0 Å². The Morgan fingerprint density at radius 1 is 1.20 bits per heavy atom. The predicted molar refractivity (Wildman–Crippen MR) is 106 cm³/mol. The number of benzene rings is 1. The fourth-order valence-electron chi connectivity index (χ4n) is 3.00. The molecular weight excluding hydrogens is 330 g/mol. The molecule has 3 rings (SSSR count). The molecule has 5 heteroatoms. The van der Waals surface area contributed by atoms with Crippen LogP contribution in [0.3, 0.4) is 0 Å². The van der Waals surface area contributed by atoms with Crippen molar-refractivity contribution in [2.75, 3.05) is 27.2 Å². The Balaban J connectivity index is 1.92. The molecule has 1 N–H and O–H groups in total. The number of nitrogens with zero attached hydrogens (tertiary/aromatic N) is 2. The number of aryl methyl sites for hydroxylation is 2. The Morgan fingerprint density at radius 2 is 2.00 bits per heavy atom. The van der Waals surface area contributed by atoms with Gasteiger partial charge in [0, 0.05) is 24.5 Å². The zero-order valence-corrected chi connectivity index (χ0v) is 16.1. The summed E-state index contributed by atoms with van der Waals surface area (Å²) in [6.45, 7) is 6.39. The summed E-state index contributed by atoms with van der Waals surface area (Å²) < 4.78 is 3.31. The van der Waals surface area contributed by atoms with Gasteiger partial charge in [-0.05, 0) is 45.6 Å². The summed E-state index contributed by atoms with van der Waals surface area (Å²) >= 11 is 1.74. The summed E-state index contributed by atoms with van der Waals surface area (Å²) in [5.74, 6) is -0.00411. The van der Waals surface area contributed by atoms with E-state index in [-0.39, 0.29) is 5.91 Å². The number of nitrogens with one attached hydrogen (secondary N) is 1. The van der Waals surface area contributed by atoms with Crippen molar-refractivity contribution < 1.29 is 4.79 Å². The highest BCUT2D eigenvalue weighted by Gasteiger charge is 2.17. The van der Waals surface area contributed by atoms with Crippen LogP contribution in [0.25, 0.3) is 10.2 Å². The summed E-state index contributed by atoms with van der Waals surface area (Å²) in [6.07, 6.45) is 0. The molecule has 0 atom stereocenters. The van der Waals surface area contributed by atoms with Gasteiger partial charge in [-0.25, -0.2) is 0 Å². The smallest absolute Gasteiger partial charge is 0.268 e. The van der Waals surface area contributed by atoms with Crippen molar-refractivity contribution in [3.05, 3.63) is 58.1 Å². The third-order valence-corrected chi connectivity index (χ3v) is 5.20. The van der Waals surface area contributed by atoms with Crippen LogP contribution in [0.15, 0.2) is 36.4 Å². The lowest BCUT2D eigenvalue weighted by molar-refractivity contribution is 0.0942. The first-order valence-corrected chi connectivity index (χ1v) is 9.34. The Morgan fingerprint density at radius 3 is 2.72 bits per heavy atom. The average molecular weight is 356 g/mol. The van der Waals surface area contributed by atoms with Gasteiger partial charge in [-0.3, -0.25) is 4.79 Å². The maximum Gasteiger partial charge on any atom is 0.268 e. The van der Waals surface area contributed by atoms with E-state index in [0.717, 1.165) is 17.8 Å². The summed E-state index contributed by atoms with van der Waals surface area (Å²) in [7, 11) is 4.01. The van der Waals surface area contributed by atoms with Gasteiger partial charge in [0.2, 0.25) is 0 Å². The van der Waals surface area contributed by atoms with Crippen molar-refractivity contribution in [2.24, 2.45) is 0 Å². The highest BCUT2D eigenvalue weighted by molar-refractivity contribution is 7.19. The van der Waals surface area contributed by atoms with Crippen LogP contribution in [0.1, 0.15) is 26.5 Å². The Labute approximate surface area is 153 Å². The Hall–Kier alpha value is -2.11. The van der Waals surface area contributed by atoms with Crippen LogP contribution >= 0.6 is 11.3 Å².